The van der Waals surface area contributed by atoms with Crippen LogP contribution >= 0.6 is 0 Å². The molecule has 0 N–H and O–H groups in total. The molecule has 0 radical (unpaired) electrons. The summed E-state index contributed by atoms with van der Waals surface area (Å²) in [6.45, 7) is 10.4. The highest BCUT2D eigenvalue weighted by atomic mass is 16.5. The van der Waals surface area contributed by atoms with Crippen molar-refractivity contribution in [2.45, 2.75) is 40.3 Å². The van der Waals surface area contributed by atoms with E-state index in [0.29, 0.717) is 5.56 Å². The van der Waals surface area contributed by atoms with Crippen molar-refractivity contribution in [3.63, 3.8) is 0 Å². The maximum Gasteiger partial charge on any atom is 0.340 e. The molecule has 0 fully saturated rings. The van der Waals surface area contributed by atoms with Crippen LogP contribution in [0.5, 0.6) is 0 Å². The molecule has 0 saturated heterocycles. The van der Waals surface area contributed by atoms with Crippen LogP contribution in [0.2, 0.25) is 0 Å². The smallest absolute Gasteiger partial charge is 0.340 e. The van der Waals surface area contributed by atoms with Gasteiger partial charge in [0.2, 0.25) is 0 Å². The van der Waals surface area contributed by atoms with Crippen LogP contribution in [-0.4, -0.2) is 33.8 Å². The van der Waals surface area contributed by atoms with E-state index in [2.05, 4.69) is 34.9 Å². The summed E-state index contributed by atoms with van der Waals surface area (Å²) in [6, 6.07) is 10.0. The molecule has 3 rings (SSSR count). The molecule has 142 valence electrons. The Kier molecular flexibility index (Phi) is 5.74. The first kappa shape index (κ1) is 18.9. The van der Waals surface area contributed by atoms with E-state index in [1.807, 2.05) is 36.7 Å². The van der Waals surface area contributed by atoms with E-state index >= 15 is 0 Å². The molecular weight excluding hydrogens is 340 g/mol. The molecular formula is C21H26N4O2. The van der Waals surface area contributed by atoms with Crippen LogP contribution < -0.4 is 4.90 Å². The first-order chi connectivity index (χ1) is 13.0. The van der Waals surface area contributed by atoms with Crippen LogP contribution in [0.15, 0.2) is 42.7 Å². The largest absolute Gasteiger partial charge is 0.457 e. The number of ether oxygens (including phenoxy) is 1. The first-order valence-corrected chi connectivity index (χ1v) is 9.38. The lowest BCUT2D eigenvalue weighted by Gasteiger charge is -2.24. The number of carbonyl (C=O) groups excluding carboxylic acids is 1. The second-order valence-corrected chi connectivity index (χ2v) is 6.70. The molecule has 2 aromatic heterocycles. The molecule has 0 aliphatic rings. The minimum Gasteiger partial charge on any atom is -0.457 e. The van der Waals surface area contributed by atoms with Gasteiger partial charge in [-0.05, 0) is 39.8 Å². The van der Waals surface area contributed by atoms with Gasteiger partial charge in [-0.25, -0.2) is 14.5 Å². The lowest BCUT2D eigenvalue weighted by molar-refractivity contribution is 0.0473. The number of carbonyl (C=O) groups is 1. The number of hydrogen-bond acceptors (Lipinski definition) is 5. The van der Waals surface area contributed by atoms with Crippen LogP contribution in [0.1, 0.15) is 49.7 Å². The van der Waals surface area contributed by atoms with Crippen molar-refractivity contribution < 1.29 is 9.53 Å². The number of esters is 1. The van der Waals surface area contributed by atoms with E-state index in [-0.39, 0.29) is 18.6 Å². The lowest BCUT2D eigenvalue weighted by Crippen LogP contribution is -2.23. The maximum absolute atomic E-state index is 12.5. The average Bonchev–Trinajstić information content (AvgIpc) is 3.11. The Hall–Kier alpha value is -2.89. The Bertz CT molecular complexity index is 929. The lowest BCUT2D eigenvalue weighted by atomic mass is 10.1. The predicted molar refractivity (Wildman–Crippen MR) is 107 cm³/mol. The van der Waals surface area contributed by atoms with E-state index in [1.54, 1.807) is 18.5 Å². The van der Waals surface area contributed by atoms with Crippen molar-refractivity contribution >= 4 is 22.7 Å². The van der Waals surface area contributed by atoms with Crippen molar-refractivity contribution in [2.75, 3.05) is 18.0 Å². The van der Waals surface area contributed by atoms with E-state index in [1.165, 1.54) is 0 Å². The van der Waals surface area contributed by atoms with Crippen molar-refractivity contribution in [3.05, 3.63) is 53.9 Å². The van der Waals surface area contributed by atoms with E-state index < -0.39 is 0 Å². The van der Waals surface area contributed by atoms with Crippen molar-refractivity contribution in [1.29, 1.82) is 0 Å². The minimum absolute atomic E-state index is 0.212. The van der Waals surface area contributed by atoms with Crippen LogP contribution in [0.4, 0.5) is 5.69 Å². The zero-order chi connectivity index (χ0) is 19.4. The second kappa shape index (κ2) is 8.20. The number of nitrogens with zero attached hydrogens (tertiary/aromatic N) is 4. The number of rotatable bonds is 7. The molecule has 6 nitrogen and oxygen atoms in total. The molecule has 2 heterocycles. The van der Waals surface area contributed by atoms with E-state index in [4.69, 9.17) is 4.74 Å². The fraction of sp³-hybridized carbons (Fsp3) is 0.381. The molecule has 0 aliphatic heterocycles. The normalized spacial score (nSPS) is 11.1. The molecule has 0 aliphatic carbocycles. The summed E-state index contributed by atoms with van der Waals surface area (Å²) in [5, 5.41) is 5.17. The molecule has 0 saturated carbocycles. The van der Waals surface area contributed by atoms with Crippen molar-refractivity contribution in [3.8, 4) is 0 Å². The molecule has 0 bridgehead atoms. The molecule has 0 amide bonds. The highest BCUT2D eigenvalue weighted by Crippen LogP contribution is 2.22. The molecule has 0 atom stereocenters. The van der Waals surface area contributed by atoms with Gasteiger partial charge >= 0.3 is 5.97 Å². The molecule has 27 heavy (non-hydrogen) atoms. The Morgan fingerprint density at radius 1 is 1.19 bits per heavy atom. The number of para-hydroxylation sites is 1. The Balaban J connectivity index is 1.76. The molecule has 3 aromatic rings. The standard InChI is InChI=1S/C21H26N4O2/c1-5-24(6-2)19-10-8-7-9-16(19)14-27-21(26)18-11-17-13-23-25(15(3)4)20(17)22-12-18/h7-13,15H,5-6,14H2,1-4H3. The number of benzene rings is 1. The number of anilines is 1. The van der Waals surface area contributed by atoms with Gasteiger partial charge in [0.25, 0.3) is 0 Å². The fourth-order valence-corrected chi connectivity index (χ4v) is 3.16. The average molecular weight is 366 g/mol. The Labute approximate surface area is 159 Å². The van der Waals surface area contributed by atoms with Gasteiger partial charge in [0.1, 0.15) is 6.61 Å². The monoisotopic (exact) mass is 366 g/mol. The van der Waals surface area contributed by atoms with E-state index in [9.17, 15) is 4.79 Å². The first-order valence-electron chi connectivity index (χ1n) is 9.38. The van der Waals surface area contributed by atoms with Crippen LogP contribution in [0.3, 0.4) is 0 Å². The zero-order valence-corrected chi connectivity index (χ0v) is 16.3. The Morgan fingerprint density at radius 2 is 1.93 bits per heavy atom. The maximum atomic E-state index is 12.5. The van der Waals surface area contributed by atoms with Gasteiger partial charge in [-0.2, -0.15) is 5.10 Å². The van der Waals surface area contributed by atoms with Gasteiger partial charge in [-0.15, -0.1) is 0 Å². The number of fused-ring (bicyclic) bond motifs is 1. The van der Waals surface area contributed by atoms with Gasteiger partial charge in [-0.1, -0.05) is 18.2 Å². The molecule has 0 unspecified atom stereocenters. The Morgan fingerprint density at radius 3 is 2.63 bits per heavy atom. The van der Waals surface area contributed by atoms with Crippen LogP contribution in [-0.2, 0) is 11.3 Å². The van der Waals surface area contributed by atoms with Crippen LogP contribution in [0, 0.1) is 0 Å². The summed E-state index contributed by atoms with van der Waals surface area (Å²) in [6.07, 6.45) is 3.29. The van der Waals surface area contributed by atoms with Gasteiger partial charge in [-0.3, -0.25) is 0 Å². The third kappa shape index (κ3) is 3.94. The van der Waals surface area contributed by atoms with Crippen molar-refractivity contribution in [1.82, 2.24) is 14.8 Å². The van der Waals surface area contributed by atoms with Gasteiger partial charge < -0.3 is 9.64 Å². The third-order valence-corrected chi connectivity index (χ3v) is 4.61. The van der Waals surface area contributed by atoms with Crippen LogP contribution in [0.25, 0.3) is 11.0 Å². The van der Waals surface area contributed by atoms with Gasteiger partial charge in [0, 0.05) is 42.0 Å². The summed E-state index contributed by atoms with van der Waals surface area (Å²) >= 11 is 0. The quantitative estimate of drug-likeness (QED) is 0.586. The molecule has 6 heteroatoms. The summed E-state index contributed by atoms with van der Waals surface area (Å²) < 4.78 is 7.40. The second-order valence-electron chi connectivity index (χ2n) is 6.70. The third-order valence-electron chi connectivity index (χ3n) is 4.61. The topological polar surface area (TPSA) is 60.2 Å². The number of hydrogen-bond donors (Lipinski definition) is 0. The highest BCUT2D eigenvalue weighted by Gasteiger charge is 2.14. The molecule has 1 aromatic carbocycles. The van der Waals surface area contributed by atoms with E-state index in [0.717, 1.165) is 35.4 Å². The SMILES string of the molecule is CCN(CC)c1ccccc1COC(=O)c1cnc2c(cnn2C(C)C)c1. The number of aromatic nitrogens is 3. The molecule has 0 spiro atoms. The minimum atomic E-state index is -0.379. The van der Waals surface area contributed by atoms with Gasteiger partial charge in [0.15, 0.2) is 5.65 Å². The predicted octanol–water partition coefficient (Wildman–Crippen LogP) is 4.22. The zero-order valence-electron chi connectivity index (χ0n) is 16.3. The summed E-state index contributed by atoms with van der Waals surface area (Å²) in [4.78, 5) is 19.2. The highest BCUT2D eigenvalue weighted by molar-refractivity contribution is 5.93. The summed E-state index contributed by atoms with van der Waals surface area (Å²) in [5.74, 6) is -0.379. The van der Waals surface area contributed by atoms with Gasteiger partial charge in [0.05, 0.1) is 11.8 Å². The summed E-state index contributed by atoms with van der Waals surface area (Å²) in [7, 11) is 0. The fourth-order valence-electron chi connectivity index (χ4n) is 3.16. The number of pyridine rings is 1. The summed E-state index contributed by atoms with van der Waals surface area (Å²) in [5.41, 5.74) is 3.30. The van der Waals surface area contributed by atoms with Crippen molar-refractivity contribution in [2.24, 2.45) is 0 Å².